The van der Waals surface area contributed by atoms with Gasteiger partial charge >= 0.3 is 0 Å². The SMILES string of the molecule is CC(C)(C)c1cc(-c2cc(-c3ccccc3)cc(-c3cc(C(C)(C)C)cc(C(C)(C)C)c3O)n2)cc(N(c2ccccc2)c2cc(C(C)(C)c3cccc4ccccc34)ccn2)c1. The molecule has 8 rings (SSSR count). The van der Waals surface area contributed by atoms with Crippen molar-refractivity contribution in [1.29, 1.82) is 0 Å². The maximum absolute atomic E-state index is 12.2. The number of hydrogen-bond donors (Lipinski definition) is 1. The normalized spacial score (nSPS) is 12.4. The lowest BCUT2D eigenvalue weighted by Gasteiger charge is -2.31. The van der Waals surface area contributed by atoms with Crippen LogP contribution in [0, 0.1) is 0 Å². The Morgan fingerprint density at radius 1 is 0.444 bits per heavy atom. The molecular weight excluding hydrogens is 767 g/mol. The lowest BCUT2D eigenvalue weighted by atomic mass is 9.76. The van der Waals surface area contributed by atoms with Gasteiger partial charge in [0.25, 0.3) is 0 Å². The van der Waals surface area contributed by atoms with E-state index < -0.39 is 0 Å². The number of phenols is 1. The molecule has 1 N–H and O–H groups in total. The van der Waals surface area contributed by atoms with Crippen LogP contribution in [0.1, 0.15) is 104 Å². The van der Waals surface area contributed by atoms with E-state index in [-0.39, 0.29) is 27.4 Å². The van der Waals surface area contributed by atoms with Gasteiger partial charge in [-0.15, -0.1) is 0 Å². The summed E-state index contributed by atoms with van der Waals surface area (Å²) in [5.41, 5.74) is 12.1. The molecule has 0 aliphatic carbocycles. The van der Waals surface area contributed by atoms with Crippen molar-refractivity contribution in [3.63, 3.8) is 0 Å². The number of aromatic hydroxyl groups is 1. The van der Waals surface area contributed by atoms with Gasteiger partial charge in [-0.25, -0.2) is 9.97 Å². The number of nitrogens with zero attached hydrogens (tertiary/aromatic N) is 3. The van der Waals surface area contributed by atoms with E-state index in [1.807, 2.05) is 12.3 Å². The van der Waals surface area contributed by atoms with Crippen molar-refractivity contribution in [2.75, 3.05) is 4.90 Å². The molecule has 6 aromatic carbocycles. The van der Waals surface area contributed by atoms with E-state index in [2.05, 4.69) is 233 Å². The zero-order chi connectivity index (χ0) is 44.9. The largest absolute Gasteiger partial charge is 0.507 e. The van der Waals surface area contributed by atoms with Crippen molar-refractivity contribution >= 4 is 28.0 Å². The molecular formula is C59H61N3O. The first-order chi connectivity index (χ1) is 29.8. The fraction of sp³-hybridized carbons (Fsp3) is 0.254. The number of fused-ring (bicyclic) bond motifs is 1. The number of aromatic nitrogens is 2. The van der Waals surface area contributed by atoms with Gasteiger partial charge in [0.1, 0.15) is 11.6 Å². The molecule has 0 aliphatic rings. The van der Waals surface area contributed by atoms with Crippen molar-refractivity contribution in [2.24, 2.45) is 0 Å². The minimum Gasteiger partial charge on any atom is -0.507 e. The first-order valence-electron chi connectivity index (χ1n) is 22.2. The molecule has 0 aliphatic heterocycles. The molecule has 4 heteroatoms. The van der Waals surface area contributed by atoms with Gasteiger partial charge in [0.15, 0.2) is 0 Å². The molecule has 318 valence electrons. The molecule has 8 aromatic rings. The van der Waals surface area contributed by atoms with Crippen molar-refractivity contribution in [3.05, 3.63) is 192 Å². The lowest BCUT2D eigenvalue weighted by molar-refractivity contribution is 0.446. The summed E-state index contributed by atoms with van der Waals surface area (Å²) in [6.07, 6.45) is 1.95. The first kappa shape index (κ1) is 43.1. The third-order valence-electron chi connectivity index (χ3n) is 12.5. The number of phenolic OH excluding ortho intramolecular Hbond substituents is 1. The summed E-state index contributed by atoms with van der Waals surface area (Å²) in [5.74, 6) is 1.10. The zero-order valence-electron chi connectivity index (χ0n) is 38.9. The van der Waals surface area contributed by atoms with Gasteiger partial charge in [0, 0.05) is 39.7 Å². The monoisotopic (exact) mass is 827 g/mol. The number of para-hydroxylation sites is 1. The molecule has 0 unspecified atom stereocenters. The summed E-state index contributed by atoms with van der Waals surface area (Å²) in [6, 6.07) is 56.1. The average Bonchev–Trinajstić information content (AvgIpc) is 3.26. The Bertz CT molecular complexity index is 2920. The van der Waals surface area contributed by atoms with E-state index in [0.29, 0.717) is 0 Å². The van der Waals surface area contributed by atoms with E-state index in [1.165, 1.54) is 27.5 Å². The summed E-state index contributed by atoms with van der Waals surface area (Å²) < 4.78 is 0. The summed E-state index contributed by atoms with van der Waals surface area (Å²) in [4.78, 5) is 12.9. The van der Waals surface area contributed by atoms with Gasteiger partial charge in [0.05, 0.1) is 11.4 Å². The standard InChI is InChI=1S/C59H61N3O/c1-56(2,3)44-31-42(52-33-41(39-21-14-12-15-22-39)34-53(61-52)49-36-45(57(4,5)6)37-51(55(49)63)58(7,8)9)32-47(35-44)62(46-25-16-13-17-26-46)54-38-43(29-30-60-54)59(10,11)50-28-20-24-40-23-18-19-27-48(40)50/h12-38,63H,1-11H3. The molecule has 0 atom stereocenters. The smallest absolute Gasteiger partial charge is 0.137 e. The Kier molecular flexibility index (Phi) is 11.2. The molecule has 63 heavy (non-hydrogen) atoms. The quantitative estimate of drug-likeness (QED) is 0.166. The summed E-state index contributed by atoms with van der Waals surface area (Å²) in [6.45, 7) is 24.5. The molecule has 0 spiro atoms. The topological polar surface area (TPSA) is 49.3 Å². The van der Waals surface area contributed by atoms with E-state index in [9.17, 15) is 5.11 Å². The second-order valence-corrected chi connectivity index (χ2v) is 20.7. The van der Waals surface area contributed by atoms with Crippen LogP contribution in [-0.2, 0) is 21.7 Å². The molecule has 0 amide bonds. The van der Waals surface area contributed by atoms with E-state index in [0.717, 1.165) is 62.0 Å². The summed E-state index contributed by atoms with van der Waals surface area (Å²) >= 11 is 0. The van der Waals surface area contributed by atoms with Crippen molar-refractivity contribution in [3.8, 4) is 39.4 Å². The fourth-order valence-corrected chi connectivity index (χ4v) is 8.62. The Morgan fingerprint density at radius 3 is 1.75 bits per heavy atom. The number of rotatable bonds is 8. The minimum atomic E-state index is -0.319. The Morgan fingerprint density at radius 2 is 1.06 bits per heavy atom. The average molecular weight is 828 g/mol. The van der Waals surface area contributed by atoms with Crippen LogP contribution in [-0.4, -0.2) is 15.1 Å². The van der Waals surface area contributed by atoms with E-state index in [4.69, 9.17) is 9.97 Å². The Balaban J connectivity index is 1.36. The van der Waals surface area contributed by atoms with Crippen LogP contribution >= 0.6 is 0 Å². The van der Waals surface area contributed by atoms with Crippen molar-refractivity contribution in [2.45, 2.75) is 97.8 Å². The highest BCUT2D eigenvalue weighted by molar-refractivity contribution is 5.88. The summed E-state index contributed by atoms with van der Waals surface area (Å²) in [7, 11) is 0. The third-order valence-corrected chi connectivity index (χ3v) is 12.5. The molecule has 4 nitrogen and oxygen atoms in total. The second kappa shape index (κ2) is 16.3. The predicted octanol–water partition coefficient (Wildman–Crippen LogP) is 16.0. The third kappa shape index (κ3) is 8.77. The number of pyridine rings is 2. The van der Waals surface area contributed by atoms with Gasteiger partial charge in [-0.2, -0.15) is 0 Å². The highest BCUT2D eigenvalue weighted by Crippen LogP contribution is 2.45. The van der Waals surface area contributed by atoms with Crippen molar-refractivity contribution in [1.82, 2.24) is 9.97 Å². The van der Waals surface area contributed by atoms with E-state index in [1.54, 1.807) is 0 Å². The lowest BCUT2D eigenvalue weighted by Crippen LogP contribution is -2.21. The van der Waals surface area contributed by atoms with Crippen LogP contribution in [0.5, 0.6) is 5.75 Å². The predicted molar refractivity (Wildman–Crippen MR) is 267 cm³/mol. The molecule has 2 heterocycles. The Hall–Kier alpha value is -6.52. The molecule has 0 saturated carbocycles. The number of benzene rings is 6. The van der Waals surface area contributed by atoms with Crippen LogP contribution in [0.2, 0.25) is 0 Å². The van der Waals surface area contributed by atoms with Crippen LogP contribution < -0.4 is 4.90 Å². The van der Waals surface area contributed by atoms with E-state index >= 15 is 0 Å². The van der Waals surface area contributed by atoms with Gasteiger partial charge in [-0.05, 0) is 121 Å². The van der Waals surface area contributed by atoms with Crippen LogP contribution in [0.3, 0.4) is 0 Å². The van der Waals surface area contributed by atoms with Crippen molar-refractivity contribution < 1.29 is 5.11 Å². The molecule has 0 bridgehead atoms. The van der Waals surface area contributed by atoms with Gasteiger partial charge in [-0.3, -0.25) is 4.90 Å². The summed E-state index contributed by atoms with van der Waals surface area (Å²) in [5, 5.41) is 14.6. The first-order valence-corrected chi connectivity index (χ1v) is 22.2. The van der Waals surface area contributed by atoms with Gasteiger partial charge < -0.3 is 5.11 Å². The fourth-order valence-electron chi connectivity index (χ4n) is 8.62. The molecule has 0 fully saturated rings. The number of hydrogen-bond acceptors (Lipinski definition) is 4. The molecule has 0 radical (unpaired) electrons. The maximum atomic E-state index is 12.2. The Labute approximate surface area is 375 Å². The van der Waals surface area contributed by atoms with Gasteiger partial charge in [0.2, 0.25) is 0 Å². The number of anilines is 3. The highest BCUT2D eigenvalue weighted by atomic mass is 16.3. The van der Waals surface area contributed by atoms with Crippen LogP contribution in [0.4, 0.5) is 17.2 Å². The van der Waals surface area contributed by atoms with Crippen LogP contribution in [0.25, 0.3) is 44.4 Å². The maximum Gasteiger partial charge on any atom is 0.137 e. The highest BCUT2D eigenvalue weighted by Gasteiger charge is 2.29. The minimum absolute atomic E-state index is 0.144. The molecule has 2 aromatic heterocycles. The van der Waals surface area contributed by atoms with Gasteiger partial charge in [-0.1, -0.05) is 173 Å². The zero-order valence-corrected chi connectivity index (χ0v) is 38.9. The van der Waals surface area contributed by atoms with Crippen LogP contribution in [0.15, 0.2) is 164 Å². The molecule has 0 saturated heterocycles. The second-order valence-electron chi connectivity index (χ2n) is 20.7.